The molecule has 1 aliphatic heterocycles. The maximum atomic E-state index is 10.8. The predicted octanol–water partition coefficient (Wildman–Crippen LogP) is -0.200. The monoisotopic (exact) mass is 253 g/mol. The van der Waals surface area contributed by atoms with Gasteiger partial charge in [-0.1, -0.05) is 19.0 Å². The van der Waals surface area contributed by atoms with Gasteiger partial charge in [0.2, 0.25) is 5.91 Å². The zero-order valence-corrected chi connectivity index (χ0v) is 10.8. The van der Waals surface area contributed by atoms with E-state index in [-0.39, 0.29) is 11.8 Å². The molecule has 1 aliphatic rings. The van der Waals surface area contributed by atoms with Crippen molar-refractivity contribution in [3.05, 3.63) is 5.82 Å². The van der Waals surface area contributed by atoms with Crippen molar-refractivity contribution < 1.29 is 9.32 Å². The summed E-state index contributed by atoms with van der Waals surface area (Å²) in [5.41, 5.74) is 5.17. The van der Waals surface area contributed by atoms with Gasteiger partial charge in [-0.25, -0.2) is 0 Å². The molecule has 1 saturated heterocycles. The average Bonchev–Trinajstić information content (AvgIpc) is 2.78. The second kappa shape index (κ2) is 5.34. The number of rotatable bonds is 4. The van der Waals surface area contributed by atoms with Crippen LogP contribution in [0.5, 0.6) is 0 Å². The Labute approximate surface area is 106 Å². The fraction of sp³-hybridized carbons (Fsp3) is 0.727. The fourth-order valence-corrected chi connectivity index (χ4v) is 1.91. The molecule has 18 heavy (non-hydrogen) atoms. The molecule has 1 aromatic rings. The third-order valence-electron chi connectivity index (χ3n) is 2.97. The number of hydrogen-bond donors (Lipinski definition) is 1. The molecule has 100 valence electrons. The number of hydrogen-bond acceptors (Lipinski definition) is 6. The zero-order chi connectivity index (χ0) is 13.1. The zero-order valence-electron chi connectivity index (χ0n) is 10.8. The molecule has 1 aromatic heterocycles. The minimum Gasteiger partial charge on any atom is -0.369 e. The summed E-state index contributed by atoms with van der Waals surface area (Å²) < 4.78 is 5.24. The maximum Gasteiger partial charge on any atom is 0.324 e. The van der Waals surface area contributed by atoms with E-state index >= 15 is 0 Å². The Morgan fingerprint density at radius 3 is 2.56 bits per heavy atom. The first-order valence-corrected chi connectivity index (χ1v) is 6.15. The average molecular weight is 253 g/mol. The molecule has 7 heteroatoms. The van der Waals surface area contributed by atoms with Gasteiger partial charge in [-0.2, -0.15) is 4.98 Å². The maximum absolute atomic E-state index is 10.8. The van der Waals surface area contributed by atoms with Crippen LogP contribution in [0.25, 0.3) is 0 Å². The Balaban J connectivity index is 1.90. The van der Waals surface area contributed by atoms with Crippen molar-refractivity contribution in [1.82, 2.24) is 15.0 Å². The summed E-state index contributed by atoms with van der Waals surface area (Å²) >= 11 is 0. The van der Waals surface area contributed by atoms with Crippen LogP contribution in [0.4, 0.5) is 6.01 Å². The molecule has 0 spiro atoms. The predicted molar refractivity (Wildman–Crippen MR) is 66.2 cm³/mol. The van der Waals surface area contributed by atoms with Gasteiger partial charge in [-0.15, -0.1) is 0 Å². The molecule has 1 fully saturated rings. The summed E-state index contributed by atoms with van der Waals surface area (Å²) in [7, 11) is 0. The second-order valence-corrected chi connectivity index (χ2v) is 4.82. The van der Waals surface area contributed by atoms with E-state index in [1.807, 2.05) is 23.6 Å². The minimum atomic E-state index is -0.289. The molecule has 0 aromatic carbocycles. The number of piperazine rings is 1. The molecule has 2 heterocycles. The van der Waals surface area contributed by atoms with Gasteiger partial charge in [-0.05, 0) is 0 Å². The van der Waals surface area contributed by atoms with Gasteiger partial charge in [0.1, 0.15) is 0 Å². The van der Waals surface area contributed by atoms with Crippen molar-refractivity contribution in [2.45, 2.75) is 19.8 Å². The van der Waals surface area contributed by atoms with E-state index < -0.39 is 0 Å². The Morgan fingerprint density at radius 1 is 1.39 bits per heavy atom. The molecule has 0 unspecified atom stereocenters. The number of aromatic nitrogens is 2. The largest absolute Gasteiger partial charge is 0.369 e. The van der Waals surface area contributed by atoms with Crippen LogP contribution in [0.15, 0.2) is 4.52 Å². The summed E-state index contributed by atoms with van der Waals surface area (Å²) in [6, 6.07) is 0.567. The van der Waals surface area contributed by atoms with Crippen molar-refractivity contribution in [3.63, 3.8) is 0 Å². The molecule has 0 saturated carbocycles. The summed E-state index contributed by atoms with van der Waals surface area (Å²) in [6.45, 7) is 7.47. The summed E-state index contributed by atoms with van der Waals surface area (Å²) in [6.07, 6.45) is 0. The number of carbonyl (C=O) groups excluding carboxylic acids is 1. The summed E-state index contributed by atoms with van der Waals surface area (Å²) in [4.78, 5) is 19.2. The van der Waals surface area contributed by atoms with Crippen LogP contribution in [-0.4, -0.2) is 53.7 Å². The Kier molecular flexibility index (Phi) is 3.81. The topological polar surface area (TPSA) is 88.5 Å². The first kappa shape index (κ1) is 12.8. The van der Waals surface area contributed by atoms with Crippen LogP contribution in [-0.2, 0) is 4.79 Å². The van der Waals surface area contributed by atoms with E-state index in [4.69, 9.17) is 10.3 Å². The van der Waals surface area contributed by atoms with Crippen molar-refractivity contribution >= 4 is 11.9 Å². The van der Waals surface area contributed by atoms with E-state index in [2.05, 4.69) is 10.1 Å². The first-order chi connectivity index (χ1) is 8.56. The molecule has 1 amide bonds. The van der Waals surface area contributed by atoms with Crippen LogP contribution in [0.3, 0.4) is 0 Å². The number of primary amides is 1. The summed E-state index contributed by atoms with van der Waals surface area (Å²) in [5, 5.41) is 3.94. The first-order valence-electron chi connectivity index (χ1n) is 6.15. The lowest BCUT2D eigenvalue weighted by Gasteiger charge is -2.32. The third-order valence-corrected chi connectivity index (χ3v) is 2.97. The second-order valence-electron chi connectivity index (χ2n) is 4.82. The molecule has 0 radical (unpaired) electrons. The SMILES string of the molecule is CC(C)c1noc(N2CCN(CC(N)=O)CC2)n1. The Morgan fingerprint density at radius 2 is 2.06 bits per heavy atom. The van der Waals surface area contributed by atoms with Crippen LogP contribution in [0.1, 0.15) is 25.6 Å². The highest BCUT2D eigenvalue weighted by Crippen LogP contribution is 2.17. The number of amides is 1. The van der Waals surface area contributed by atoms with Gasteiger partial charge in [0.15, 0.2) is 5.82 Å². The molecular formula is C11H19N5O2. The van der Waals surface area contributed by atoms with Gasteiger partial charge in [-0.3, -0.25) is 9.69 Å². The molecule has 0 aliphatic carbocycles. The lowest BCUT2D eigenvalue weighted by atomic mass is 10.2. The standard InChI is InChI=1S/C11H19N5O2/c1-8(2)10-13-11(18-14-10)16-5-3-15(4-6-16)7-9(12)17/h8H,3-7H2,1-2H3,(H2,12,17). The van der Waals surface area contributed by atoms with Gasteiger partial charge in [0.05, 0.1) is 6.54 Å². The molecule has 0 bridgehead atoms. The smallest absolute Gasteiger partial charge is 0.324 e. The van der Waals surface area contributed by atoms with Gasteiger partial charge in [0.25, 0.3) is 0 Å². The summed E-state index contributed by atoms with van der Waals surface area (Å²) in [5.74, 6) is 0.701. The number of carbonyl (C=O) groups is 1. The van der Waals surface area contributed by atoms with Gasteiger partial charge in [0, 0.05) is 32.1 Å². The van der Waals surface area contributed by atoms with E-state index in [0.29, 0.717) is 12.6 Å². The van der Waals surface area contributed by atoms with Crippen LogP contribution in [0.2, 0.25) is 0 Å². The van der Waals surface area contributed by atoms with Crippen molar-refractivity contribution in [1.29, 1.82) is 0 Å². The highest BCUT2D eigenvalue weighted by Gasteiger charge is 2.22. The van der Waals surface area contributed by atoms with Crippen molar-refractivity contribution in [2.75, 3.05) is 37.6 Å². The van der Waals surface area contributed by atoms with E-state index in [9.17, 15) is 4.79 Å². The minimum absolute atomic E-state index is 0.263. The lowest BCUT2D eigenvalue weighted by Crippen LogP contribution is -2.49. The number of nitrogens with zero attached hydrogens (tertiary/aromatic N) is 4. The van der Waals surface area contributed by atoms with Crippen LogP contribution >= 0.6 is 0 Å². The molecule has 7 nitrogen and oxygen atoms in total. The number of anilines is 1. The van der Waals surface area contributed by atoms with E-state index in [1.54, 1.807) is 0 Å². The van der Waals surface area contributed by atoms with Gasteiger partial charge < -0.3 is 15.2 Å². The highest BCUT2D eigenvalue weighted by molar-refractivity contribution is 5.75. The molecular weight excluding hydrogens is 234 g/mol. The number of nitrogens with two attached hydrogens (primary N) is 1. The highest BCUT2D eigenvalue weighted by atomic mass is 16.5. The lowest BCUT2D eigenvalue weighted by molar-refractivity contribution is -0.119. The van der Waals surface area contributed by atoms with Crippen LogP contribution in [0, 0.1) is 0 Å². The molecule has 0 atom stereocenters. The van der Waals surface area contributed by atoms with Crippen LogP contribution < -0.4 is 10.6 Å². The van der Waals surface area contributed by atoms with Crippen molar-refractivity contribution in [3.8, 4) is 0 Å². The molecule has 2 N–H and O–H groups in total. The fourth-order valence-electron chi connectivity index (χ4n) is 1.91. The third kappa shape index (κ3) is 2.98. The Hall–Kier alpha value is -1.63. The quantitative estimate of drug-likeness (QED) is 0.799. The van der Waals surface area contributed by atoms with Crippen molar-refractivity contribution in [2.24, 2.45) is 5.73 Å². The van der Waals surface area contributed by atoms with E-state index in [1.165, 1.54) is 0 Å². The Bertz CT molecular complexity index is 409. The normalized spacial score (nSPS) is 17.4. The molecule has 2 rings (SSSR count). The van der Waals surface area contributed by atoms with E-state index in [0.717, 1.165) is 32.0 Å². The van der Waals surface area contributed by atoms with Gasteiger partial charge >= 0.3 is 6.01 Å².